The normalized spacial score (nSPS) is 18.9. The van der Waals surface area contributed by atoms with Crippen LogP contribution >= 0.6 is 0 Å². The zero-order valence-corrected chi connectivity index (χ0v) is 19.5. The Morgan fingerprint density at radius 2 is 1.52 bits per heavy atom. The molecule has 2 aromatic carbocycles. The Balaban J connectivity index is 1.83. The van der Waals surface area contributed by atoms with E-state index in [-0.39, 0.29) is 12.1 Å². The fraction of sp³-hybridized carbons (Fsp3) is 0.500. The van der Waals surface area contributed by atoms with Crippen molar-refractivity contribution in [3.63, 3.8) is 0 Å². The molecule has 0 spiro atoms. The minimum Gasteiger partial charge on any atom is -0.494 e. The second-order valence-electron chi connectivity index (χ2n) is 9.45. The number of amides is 2. The third-order valence-electron chi connectivity index (χ3n) is 6.48. The van der Waals surface area contributed by atoms with Gasteiger partial charge in [0.2, 0.25) is 0 Å². The molecule has 168 valence electrons. The summed E-state index contributed by atoms with van der Waals surface area (Å²) in [5.74, 6) is 1.87. The van der Waals surface area contributed by atoms with Crippen LogP contribution in [0, 0.1) is 11.3 Å². The molecule has 0 atom stereocenters. The second-order valence-corrected chi connectivity index (χ2v) is 9.45. The predicted molar refractivity (Wildman–Crippen MR) is 126 cm³/mol. The van der Waals surface area contributed by atoms with Crippen molar-refractivity contribution in [2.24, 2.45) is 11.3 Å². The van der Waals surface area contributed by atoms with E-state index in [0.717, 1.165) is 31.2 Å². The third-order valence-corrected chi connectivity index (χ3v) is 6.48. The van der Waals surface area contributed by atoms with Crippen molar-refractivity contribution < 1.29 is 14.3 Å². The fourth-order valence-electron chi connectivity index (χ4n) is 4.55. The third kappa shape index (κ3) is 5.72. The van der Waals surface area contributed by atoms with E-state index < -0.39 is 0 Å². The Hall–Kier alpha value is -2.69. The number of hydrogen-bond acceptors (Lipinski definition) is 3. The number of nitrogens with one attached hydrogen (secondary N) is 1. The van der Waals surface area contributed by atoms with E-state index in [9.17, 15) is 4.79 Å². The Morgan fingerprint density at radius 3 is 2.03 bits per heavy atom. The Kier molecular flexibility index (Phi) is 7.47. The Morgan fingerprint density at radius 1 is 0.935 bits per heavy atom. The first-order valence-electron chi connectivity index (χ1n) is 11.2. The van der Waals surface area contributed by atoms with Crippen LogP contribution in [0.4, 0.5) is 10.5 Å². The molecular weight excluding hydrogens is 388 g/mol. The lowest BCUT2D eigenvalue weighted by molar-refractivity contribution is 0.110. The highest BCUT2D eigenvalue weighted by molar-refractivity contribution is 5.93. The maximum absolute atomic E-state index is 13.5. The number of para-hydroxylation sites is 1. The van der Waals surface area contributed by atoms with E-state index in [0.29, 0.717) is 35.1 Å². The number of urea groups is 1. The lowest BCUT2D eigenvalue weighted by atomic mass is 9.71. The molecule has 3 rings (SSSR count). The topological polar surface area (TPSA) is 50.8 Å². The predicted octanol–water partition coefficient (Wildman–Crippen LogP) is 6.34. The maximum atomic E-state index is 13.5. The molecule has 1 saturated carbocycles. The van der Waals surface area contributed by atoms with Crippen LogP contribution in [-0.4, -0.2) is 31.2 Å². The lowest BCUT2D eigenvalue weighted by Crippen LogP contribution is -2.45. The molecule has 0 heterocycles. The van der Waals surface area contributed by atoms with Crippen LogP contribution in [0.5, 0.6) is 11.5 Å². The highest BCUT2D eigenvalue weighted by Gasteiger charge is 2.34. The molecule has 1 fully saturated rings. The van der Waals surface area contributed by atoms with Crippen LogP contribution in [0.1, 0.15) is 52.0 Å². The SMILES string of the molecule is COc1cccc(OC)c1NC(=O)N(Cc1ccccc1)C1CCC(C(C)(C)C)CC1. The van der Waals surface area contributed by atoms with Gasteiger partial charge in [0.25, 0.3) is 0 Å². The molecule has 2 aromatic rings. The lowest BCUT2D eigenvalue weighted by Gasteiger charge is -2.41. The molecule has 1 aliphatic rings. The van der Waals surface area contributed by atoms with Gasteiger partial charge < -0.3 is 19.7 Å². The first-order chi connectivity index (χ1) is 14.8. The Labute approximate surface area is 186 Å². The Bertz CT molecular complexity index is 830. The molecule has 0 unspecified atom stereocenters. The molecule has 5 heteroatoms. The van der Waals surface area contributed by atoms with E-state index in [2.05, 4.69) is 38.2 Å². The average molecular weight is 425 g/mol. The maximum Gasteiger partial charge on any atom is 0.322 e. The molecule has 1 N–H and O–H groups in total. The van der Waals surface area contributed by atoms with Gasteiger partial charge in [-0.05, 0) is 54.7 Å². The van der Waals surface area contributed by atoms with Crippen LogP contribution in [-0.2, 0) is 6.54 Å². The summed E-state index contributed by atoms with van der Waals surface area (Å²) in [5.41, 5.74) is 2.00. The van der Waals surface area contributed by atoms with Gasteiger partial charge in [-0.15, -0.1) is 0 Å². The minimum absolute atomic E-state index is 0.120. The molecule has 5 nitrogen and oxygen atoms in total. The average Bonchev–Trinajstić information content (AvgIpc) is 2.77. The van der Waals surface area contributed by atoms with E-state index in [4.69, 9.17) is 9.47 Å². The summed E-state index contributed by atoms with van der Waals surface area (Å²) in [6, 6.07) is 15.8. The molecule has 0 bridgehead atoms. The van der Waals surface area contributed by atoms with Crippen LogP contribution in [0.3, 0.4) is 0 Å². The highest BCUT2D eigenvalue weighted by Crippen LogP contribution is 2.40. The molecular formula is C26H36N2O3. The standard InChI is InChI=1S/C26H36N2O3/c1-26(2,3)20-14-16-21(17-15-20)28(18-19-10-7-6-8-11-19)25(29)27-24-22(30-4)12-9-13-23(24)31-5/h6-13,20-21H,14-18H2,1-5H3,(H,27,29). The van der Waals surface area contributed by atoms with Crippen LogP contribution in [0.25, 0.3) is 0 Å². The van der Waals surface area contributed by atoms with Crippen molar-refractivity contribution in [2.45, 2.75) is 59.0 Å². The molecule has 0 aliphatic heterocycles. The van der Waals surface area contributed by atoms with Crippen LogP contribution < -0.4 is 14.8 Å². The van der Waals surface area contributed by atoms with Gasteiger partial charge in [0, 0.05) is 12.6 Å². The van der Waals surface area contributed by atoms with Gasteiger partial charge in [0.05, 0.1) is 14.2 Å². The summed E-state index contributed by atoms with van der Waals surface area (Å²) in [6.07, 6.45) is 4.33. The van der Waals surface area contributed by atoms with E-state index in [1.54, 1.807) is 14.2 Å². The van der Waals surface area contributed by atoms with Gasteiger partial charge in [0.15, 0.2) is 0 Å². The van der Waals surface area contributed by atoms with Gasteiger partial charge in [-0.2, -0.15) is 0 Å². The number of nitrogens with zero attached hydrogens (tertiary/aromatic N) is 1. The number of anilines is 1. The number of hydrogen-bond donors (Lipinski definition) is 1. The molecule has 31 heavy (non-hydrogen) atoms. The van der Waals surface area contributed by atoms with Gasteiger partial charge in [-0.3, -0.25) is 0 Å². The van der Waals surface area contributed by atoms with Gasteiger partial charge in [0.1, 0.15) is 17.2 Å². The summed E-state index contributed by atoms with van der Waals surface area (Å²) >= 11 is 0. The van der Waals surface area contributed by atoms with Crippen molar-refractivity contribution in [1.29, 1.82) is 0 Å². The molecule has 0 aromatic heterocycles. The monoisotopic (exact) mass is 424 g/mol. The van der Waals surface area contributed by atoms with E-state index >= 15 is 0 Å². The second kappa shape index (κ2) is 10.1. The van der Waals surface area contributed by atoms with Crippen LogP contribution in [0.15, 0.2) is 48.5 Å². The quantitative estimate of drug-likeness (QED) is 0.588. The number of benzene rings is 2. The molecule has 0 radical (unpaired) electrons. The first kappa shape index (κ1) is 23.0. The zero-order chi connectivity index (χ0) is 22.4. The number of carbonyl (C=O) groups is 1. The molecule has 0 saturated heterocycles. The van der Waals surface area contributed by atoms with Crippen LogP contribution in [0.2, 0.25) is 0 Å². The van der Waals surface area contributed by atoms with Crippen molar-refractivity contribution in [2.75, 3.05) is 19.5 Å². The number of carbonyl (C=O) groups excluding carboxylic acids is 1. The number of rotatable bonds is 6. The summed E-state index contributed by atoms with van der Waals surface area (Å²) < 4.78 is 10.9. The molecule has 1 aliphatic carbocycles. The highest BCUT2D eigenvalue weighted by atomic mass is 16.5. The van der Waals surface area contributed by atoms with Crippen molar-refractivity contribution in [3.05, 3.63) is 54.1 Å². The van der Waals surface area contributed by atoms with Gasteiger partial charge in [-0.25, -0.2) is 4.79 Å². The van der Waals surface area contributed by atoms with Gasteiger partial charge in [-0.1, -0.05) is 57.2 Å². The van der Waals surface area contributed by atoms with Crippen molar-refractivity contribution in [3.8, 4) is 11.5 Å². The van der Waals surface area contributed by atoms with E-state index in [1.165, 1.54) is 0 Å². The first-order valence-corrected chi connectivity index (χ1v) is 11.2. The molecule has 2 amide bonds. The number of methoxy groups -OCH3 is 2. The fourth-order valence-corrected chi connectivity index (χ4v) is 4.55. The number of ether oxygens (including phenoxy) is 2. The summed E-state index contributed by atoms with van der Waals surface area (Å²) in [5, 5.41) is 3.08. The summed E-state index contributed by atoms with van der Waals surface area (Å²) in [7, 11) is 3.19. The summed E-state index contributed by atoms with van der Waals surface area (Å²) in [4.78, 5) is 15.5. The minimum atomic E-state index is -0.120. The van der Waals surface area contributed by atoms with E-state index in [1.807, 2.05) is 41.3 Å². The van der Waals surface area contributed by atoms with Crippen molar-refractivity contribution in [1.82, 2.24) is 4.90 Å². The van der Waals surface area contributed by atoms with Crippen molar-refractivity contribution >= 4 is 11.7 Å². The summed E-state index contributed by atoms with van der Waals surface area (Å²) in [6.45, 7) is 7.54. The zero-order valence-electron chi connectivity index (χ0n) is 19.5. The smallest absolute Gasteiger partial charge is 0.322 e. The largest absolute Gasteiger partial charge is 0.494 e. The van der Waals surface area contributed by atoms with Gasteiger partial charge >= 0.3 is 6.03 Å².